The highest BCUT2D eigenvalue weighted by atomic mass is 32.1. The normalized spacial score (nSPS) is 11.6. The molecule has 0 bridgehead atoms. The zero-order valence-electron chi connectivity index (χ0n) is 16.1. The van der Waals surface area contributed by atoms with Crippen molar-refractivity contribution in [2.24, 2.45) is 4.99 Å². The van der Waals surface area contributed by atoms with E-state index in [1.54, 1.807) is 17.5 Å². The molecule has 0 saturated heterocycles. The first-order valence-electron chi connectivity index (χ1n) is 9.09. The van der Waals surface area contributed by atoms with Gasteiger partial charge in [0.1, 0.15) is 0 Å². The van der Waals surface area contributed by atoms with Crippen molar-refractivity contribution in [1.29, 1.82) is 0 Å². The van der Waals surface area contributed by atoms with E-state index in [-0.39, 0.29) is 0 Å². The number of benzene rings is 1. The maximum Gasteiger partial charge on any atom is 0.194 e. The van der Waals surface area contributed by atoms with Crippen LogP contribution in [0.4, 0.5) is 0 Å². The van der Waals surface area contributed by atoms with E-state index in [0.29, 0.717) is 6.54 Å². The summed E-state index contributed by atoms with van der Waals surface area (Å²) < 4.78 is 1.93. The minimum Gasteiger partial charge on any atom is -0.357 e. The van der Waals surface area contributed by atoms with Crippen LogP contribution in [0, 0.1) is 6.92 Å². The zero-order valence-corrected chi connectivity index (χ0v) is 16.9. The Morgan fingerprint density at radius 1 is 1.30 bits per heavy atom. The van der Waals surface area contributed by atoms with Gasteiger partial charge < -0.3 is 10.2 Å². The number of aromatic nitrogens is 3. The largest absolute Gasteiger partial charge is 0.357 e. The molecule has 2 aromatic heterocycles. The minimum absolute atomic E-state index is 0.635. The highest BCUT2D eigenvalue weighted by Crippen LogP contribution is 2.11. The first kappa shape index (κ1) is 19.1. The van der Waals surface area contributed by atoms with E-state index in [1.807, 2.05) is 30.9 Å². The molecule has 0 amide bonds. The van der Waals surface area contributed by atoms with Crippen LogP contribution in [0.15, 0.2) is 53.1 Å². The molecule has 142 valence electrons. The quantitative estimate of drug-likeness (QED) is 0.503. The van der Waals surface area contributed by atoms with Gasteiger partial charge in [0.2, 0.25) is 0 Å². The summed E-state index contributed by atoms with van der Waals surface area (Å²) in [5, 5.41) is 10.8. The van der Waals surface area contributed by atoms with Crippen molar-refractivity contribution in [2.75, 3.05) is 13.6 Å². The lowest BCUT2D eigenvalue weighted by atomic mass is 10.1. The van der Waals surface area contributed by atoms with Crippen molar-refractivity contribution in [3.63, 3.8) is 0 Å². The van der Waals surface area contributed by atoms with Crippen molar-refractivity contribution >= 4 is 17.3 Å². The van der Waals surface area contributed by atoms with Gasteiger partial charge in [-0.25, -0.2) is 9.98 Å². The first-order chi connectivity index (χ1) is 13.1. The predicted molar refractivity (Wildman–Crippen MR) is 111 cm³/mol. The number of thiazole rings is 1. The maximum atomic E-state index is 4.81. The van der Waals surface area contributed by atoms with Gasteiger partial charge in [-0.05, 0) is 31.0 Å². The third-order valence-electron chi connectivity index (χ3n) is 4.07. The molecule has 1 N–H and O–H groups in total. The fraction of sp³-hybridized carbons (Fsp3) is 0.350. The van der Waals surface area contributed by atoms with Crippen molar-refractivity contribution in [1.82, 2.24) is 25.0 Å². The lowest BCUT2D eigenvalue weighted by Crippen LogP contribution is -2.38. The molecule has 0 aliphatic carbocycles. The topological polar surface area (TPSA) is 58.3 Å². The summed E-state index contributed by atoms with van der Waals surface area (Å²) in [7, 11) is 2.05. The van der Waals surface area contributed by atoms with Gasteiger partial charge in [0.25, 0.3) is 0 Å². The number of hydrogen-bond acceptors (Lipinski definition) is 4. The molecule has 0 saturated carbocycles. The third kappa shape index (κ3) is 5.65. The second-order valence-electron chi connectivity index (χ2n) is 6.41. The molecule has 0 spiro atoms. The van der Waals surface area contributed by atoms with Crippen LogP contribution in [0.25, 0.3) is 0 Å². The Labute approximate surface area is 164 Å². The van der Waals surface area contributed by atoms with Crippen molar-refractivity contribution < 1.29 is 0 Å². The van der Waals surface area contributed by atoms with E-state index in [0.717, 1.165) is 36.3 Å². The third-order valence-corrected chi connectivity index (χ3v) is 4.89. The van der Waals surface area contributed by atoms with Crippen LogP contribution in [0.1, 0.15) is 28.8 Å². The van der Waals surface area contributed by atoms with Gasteiger partial charge in [0.15, 0.2) is 5.96 Å². The molecule has 2 heterocycles. The molecule has 0 aliphatic rings. The van der Waals surface area contributed by atoms with Crippen LogP contribution in [-0.2, 0) is 19.6 Å². The van der Waals surface area contributed by atoms with Crippen LogP contribution < -0.4 is 5.32 Å². The average Bonchev–Trinajstić information content (AvgIpc) is 3.30. The fourth-order valence-electron chi connectivity index (χ4n) is 2.84. The van der Waals surface area contributed by atoms with Gasteiger partial charge in [-0.3, -0.25) is 4.68 Å². The number of guanidine groups is 1. The van der Waals surface area contributed by atoms with Gasteiger partial charge in [-0.2, -0.15) is 5.10 Å². The van der Waals surface area contributed by atoms with Gasteiger partial charge in [-0.1, -0.05) is 24.3 Å². The number of rotatable bonds is 7. The van der Waals surface area contributed by atoms with E-state index in [4.69, 9.17) is 4.99 Å². The van der Waals surface area contributed by atoms with Crippen molar-refractivity contribution in [2.45, 2.75) is 33.5 Å². The van der Waals surface area contributed by atoms with E-state index >= 15 is 0 Å². The molecule has 3 rings (SSSR count). The molecular weight excluding hydrogens is 356 g/mol. The van der Waals surface area contributed by atoms with E-state index in [9.17, 15) is 0 Å². The number of nitrogens with one attached hydrogen (secondary N) is 1. The maximum absolute atomic E-state index is 4.81. The van der Waals surface area contributed by atoms with E-state index in [1.165, 1.54) is 11.1 Å². The molecule has 0 aliphatic heterocycles. The molecule has 6 nitrogen and oxygen atoms in total. The highest BCUT2D eigenvalue weighted by Gasteiger charge is 2.08. The molecular formula is C20H26N6S. The SMILES string of the molecule is CCNC(=NCc1cccc(Cn2cccn2)c1)N(C)Cc1csc(C)n1. The Morgan fingerprint density at radius 3 is 2.85 bits per heavy atom. The fourth-order valence-corrected chi connectivity index (χ4v) is 3.45. The molecule has 0 radical (unpaired) electrons. The Kier molecular flexibility index (Phi) is 6.59. The Hall–Kier alpha value is -2.67. The number of aryl methyl sites for hydroxylation is 1. The highest BCUT2D eigenvalue weighted by molar-refractivity contribution is 7.09. The monoisotopic (exact) mass is 382 g/mol. The molecule has 0 atom stereocenters. The van der Waals surface area contributed by atoms with Crippen LogP contribution in [0.2, 0.25) is 0 Å². The Bertz CT molecular complexity index is 868. The summed E-state index contributed by atoms with van der Waals surface area (Å²) in [6.07, 6.45) is 3.78. The van der Waals surface area contributed by atoms with Crippen LogP contribution >= 0.6 is 11.3 Å². The summed E-state index contributed by atoms with van der Waals surface area (Å²) in [4.78, 5) is 11.5. The average molecular weight is 383 g/mol. The Morgan fingerprint density at radius 2 is 2.15 bits per heavy atom. The summed E-state index contributed by atoms with van der Waals surface area (Å²) >= 11 is 1.68. The molecule has 7 heteroatoms. The van der Waals surface area contributed by atoms with Crippen LogP contribution in [0.3, 0.4) is 0 Å². The van der Waals surface area contributed by atoms with Crippen LogP contribution in [-0.4, -0.2) is 39.2 Å². The van der Waals surface area contributed by atoms with E-state index < -0.39 is 0 Å². The summed E-state index contributed by atoms with van der Waals surface area (Å²) in [6, 6.07) is 10.5. The molecule has 0 fully saturated rings. The molecule has 1 aromatic carbocycles. The zero-order chi connectivity index (χ0) is 19.1. The van der Waals surface area contributed by atoms with E-state index in [2.05, 4.69) is 56.9 Å². The minimum atomic E-state index is 0.635. The molecule has 27 heavy (non-hydrogen) atoms. The number of aliphatic imine (C=N–C) groups is 1. The van der Waals surface area contributed by atoms with Gasteiger partial charge in [0, 0.05) is 31.4 Å². The van der Waals surface area contributed by atoms with Crippen molar-refractivity contribution in [3.05, 3.63) is 69.9 Å². The predicted octanol–water partition coefficient (Wildman–Crippen LogP) is 3.29. The van der Waals surface area contributed by atoms with Gasteiger partial charge in [-0.15, -0.1) is 11.3 Å². The van der Waals surface area contributed by atoms with Crippen LogP contribution in [0.5, 0.6) is 0 Å². The Balaban J connectivity index is 1.67. The second kappa shape index (κ2) is 9.32. The van der Waals surface area contributed by atoms with Gasteiger partial charge >= 0.3 is 0 Å². The standard InChI is InChI=1S/C20H26N6S/c1-4-21-20(25(3)14-19-15-27-16(2)24-19)22-12-17-7-5-8-18(11-17)13-26-10-6-9-23-26/h5-11,15H,4,12-14H2,1-3H3,(H,21,22). The lowest BCUT2D eigenvalue weighted by molar-refractivity contribution is 0.471. The lowest BCUT2D eigenvalue weighted by Gasteiger charge is -2.21. The summed E-state index contributed by atoms with van der Waals surface area (Å²) in [5.41, 5.74) is 3.49. The first-order valence-corrected chi connectivity index (χ1v) is 9.97. The summed E-state index contributed by atoms with van der Waals surface area (Å²) in [6.45, 7) is 7.10. The molecule has 3 aromatic rings. The van der Waals surface area contributed by atoms with Gasteiger partial charge in [0.05, 0.1) is 30.3 Å². The summed E-state index contributed by atoms with van der Waals surface area (Å²) in [5.74, 6) is 0.889. The van der Waals surface area contributed by atoms with Crippen molar-refractivity contribution in [3.8, 4) is 0 Å². The number of nitrogens with zero attached hydrogens (tertiary/aromatic N) is 5. The second-order valence-corrected chi connectivity index (χ2v) is 7.47. The number of hydrogen-bond donors (Lipinski definition) is 1. The smallest absolute Gasteiger partial charge is 0.194 e. The molecule has 0 unspecified atom stereocenters.